The maximum Gasteiger partial charge on any atom is 0.241 e. The van der Waals surface area contributed by atoms with Gasteiger partial charge in [-0.15, -0.1) is 0 Å². The van der Waals surface area contributed by atoms with E-state index in [0.717, 1.165) is 12.1 Å². The number of primary sulfonamides is 1. The Kier molecular flexibility index (Phi) is 5.27. The van der Waals surface area contributed by atoms with E-state index in [4.69, 9.17) is 9.88 Å². The molecule has 9 heteroatoms. The van der Waals surface area contributed by atoms with Gasteiger partial charge in [-0.1, -0.05) is 0 Å². The fourth-order valence-corrected chi connectivity index (χ4v) is 2.44. The van der Waals surface area contributed by atoms with Crippen LogP contribution in [0.2, 0.25) is 0 Å². The Hall–Kier alpha value is -1.19. The minimum absolute atomic E-state index is 0.0342. The highest BCUT2D eigenvalue weighted by Crippen LogP contribution is 2.29. The molecule has 3 N–H and O–H groups in total. The van der Waals surface area contributed by atoms with Gasteiger partial charge in [0.05, 0.1) is 17.5 Å². The van der Waals surface area contributed by atoms with Crippen molar-refractivity contribution in [2.75, 3.05) is 13.7 Å². The summed E-state index contributed by atoms with van der Waals surface area (Å²) in [5.41, 5.74) is 0. The second-order valence-electron chi connectivity index (χ2n) is 3.53. The van der Waals surface area contributed by atoms with Crippen molar-refractivity contribution >= 4 is 31.9 Å². The number of hydrogen-bond donors (Lipinski definition) is 2. The van der Waals surface area contributed by atoms with E-state index >= 15 is 0 Å². The van der Waals surface area contributed by atoms with Crippen molar-refractivity contribution in [2.45, 2.75) is 11.3 Å². The first-order chi connectivity index (χ1) is 8.75. The van der Waals surface area contributed by atoms with Gasteiger partial charge in [-0.25, -0.2) is 17.9 Å². The zero-order valence-corrected chi connectivity index (χ0v) is 12.3. The lowest BCUT2D eigenvalue weighted by Crippen LogP contribution is -2.20. The monoisotopic (exact) mass is 354 g/mol. The lowest BCUT2D eigenvalue weighted by atomic mass is 10.3. The molecule has 0 unspecified atom stereocenters. The van der Waals surface area contributed by atoms with E-state index in [0.29, 0.717) is 0 Å². The van der Waals surface area contributed by atoms with Crippen LogP contribution in [0.1, 0.15) is 6.42 Å². The van der Waals surface area contributed by atoms with E-state index < -0.39 is 20.7 Å². The van der Waals surface area contributed by atoms with Gasteiger partial charge < -0.3 is 10.1 Å². The van der Waals surface area contributed by atoms with E-state index in [1.54, 1.807) is 0 Å². The Labute approximate surface area is 118 Å². The van der Waals surface area contributed by atoms with Gasteiger partial charge >= 0.3 is 0 Å². The quantitative estimate of drug-likeness (QED) is 0.814. The molecule has 0 spiro atoms. The van der Waals surface area contributed by atoms with Crippen LogP contribution in [0.5, 0.6) is 5.75 Å². The number of nitrogens with two attached hydrogens (primary N) is 1. The van der Waals surface area contributed by atoms with Crippen LogP contribution >= 0.6 is 15.9 Å². The highest BCUT2D eigenvalue weighted by Gasteiger charge is 2.18. The predicted molar refractivity (Wildman–Crippen MR) is 69.7 cm³/mol. The summed E-state index contributed by atoms with van der Waals surface area (Å²) in [4.78, 5) is 10.3. The van der Waals surface area contributed by atoms with E-state index in [1.807, 2.05) is 0 Å². The molecule has 19 heavy (non-hydrogen) atoms. The van der Waals surface area contributed by atoms with E-state index in [9.17, 15) is 17.6 Å². The Morgan fingerprint density at radius 1 is 1.53 bits per heavy atom. The number of sulfonamides is 1. The first-order valence-corrected chi connectivity index (χ1v) is 7.45. The third-order valence-electron chi connectivity index (χ3n) is 2.16. The van der Waals surface area contributed by atoms with Crippen LogP contribution in [-0.2, 0) is 14.8 Å². The number of ether oxygens (including phenoxy) is 1. The topological polar surface area (TPSA) is 98.5 Å². The zero-order chi connectivity index (χ0) is 14.6. The van der Waals surface area contributed by atoms with E-state index in [2.05, 4.69) is 21.2 Å². The van der Waals surface area contributed by atoms with Crippen molar-refractivity contribution < 1.29 is 22.3 Å². The van der Waals surface area contributed by atoms with Crippen LogP contribution in [0.15, 0.2) is 21.5 Å². The summed E-state index contributed by atoms with van der Waals surface area (Å²) in [6.45, 7) is 0.0342. The molecule has 1 aromatic carbocycles. The van der Waals surface area contributed by atoms with E-state index in [1.165, 1.54) is 7.05 Å². The lowest BCUT2D eigenvalue weighted by Gasteiger charge is -2.09. The van der Waals surface area contributed by atoms with Crippen molar-refractivity contribution in [3.8, 4) is 5.75 Å². The van der Waals surface area contributed by atoms with Crippen LogP contribution < -0.4 is 15.2 Å². The maximum atomic E-state index is 13.5. The average molecular weight is 355 g/mol. The molecule has 0 saturated carbocycles. The molecule has 0 saturated heterocycles. The SMILES string of the molecule is CNC(=O)CCOc1cc(F)c(S(N)(=O)=O)cc1Br. The van der Waals surface area contributed by atoms with Crippen molar-refractivity contribution in [1.82, 2.24) is 5.32 Å². The fourth-order valence-electron chi connectivity index (χ4n) is 1.22. The van der Waals surface area contributed by atoms with Crippen LogP contribution in [-0.4, -0.2) is 28.0 Å². The highest BCUT2D eigenvalue weighted by molar-refractivity contribution is 9.10. The van der Waals surface area contributed by atoms with Gasteiger partial charge in [0.1, 0.15) is 16.5 Å². The molecular formula is C10H12BrFN2O4S. The van der Waals surface area contributed by atoms with Crippen molar-refractivity contribution in [1.29, 1.82) is 0 Å². The number of rotatable bonds is 5. The minimum Gasteiger partial charge on any atom is -0.492 e. The number of carbonyl (C=O) groups is 1. The number of nitrogens with one attached hydrogen (secondary N) is 1. The van der Waals surface area contributed by atoms with Crippen LogP contribution in [0.4, 0.5) is 4.39 Å². The molecule has 0 radical (unpaired) electrons. The summed E-state index contributed by atoms with van der Waals surface area (Å²) in [6, 6.07) is 1.91. The number of halogens is 2. The maximum absolute atomic E-state index is 13.5. The number of benzene rings is 1. The first-order valence-electron chi connectivity index (χ1n) is 5.11. The molecule has 0 aliphatic rings. The second kappa shape index (κ2) is 6.31. The largest absolute Gasteiger partial charge is 0.492 e. The number of carbonyl (C=O) groups excluding carboxylic acids is 1. The molecule has 1 rings (SSSR count). The molecule has 0 aliphatic carbocycles. The Morgan fingerprint density at radius 2 is 2.16 bits per heavy atom. The highest BCUT2D eigenvalue weighted by atomic mass is 79.9. The lowest BCUT2D eigenvalue weighted by molar-refractivity contribution is -0.121. The van der Waals surface area contributed by atoms with Crippen LogP contribution in [0.25, 0.3) is 0 Å². The van der Waals surface area contributed by atoms with Crippen molar-refractivity contribution in [3.05, 3.63) is 22.4 Å². The molecule has 0 atom stereocenters. The third-order valence-corrected chi connectivity index (χ3v) is 3.70. The molecule has 0 aliphatic heterocycles. The third kappa shape index (κ3) is 4.44. The molecule has 1 amide bonds. The predicted octanol–water partition coefficient (Wildman–Crippen LogP) is 0.751. The smallest absolute Gasteiger partial charge is 0.241 e. The first kappa shape index (κ1) is 15.9. The summed E-state index contributed by atoms with van der Waals surface area (Å²) in [7, 11) is -2.65. The molecule has 1 aromatic rings. The van der Waals surface area contributed by atoms with E-state index in [-0.39, 0.29) is 29.2 Å². The summed E-state index contributed by atoms with van der Waals surface area (Å²) in [6.07, 6.45) is 0.0987. The Balaban J connectivity index is 2.88. The van der Waals surface area contributed by atoms with Gasteiger partial charge in [0.25, 0.3) is 0 Å². The van der Waals surface area contributed by atoms with Gasteiger partial charge in [-0.05, 0) is 22.0 Å². The van der Waals surface area contributed by atoms with Crippen LogP contribution in [0.3, 0.4) is 0 Å². The fraction of sp³-hybridized carbons (Fsp3) is 0.300. The van der Waals surface area contributed by atoms with Gasteiger partial charge in [0.2, 0.25) is 15.9 Å². The summed E-state index contributed by atoms with van der Waals surface area (Å²) in [5.74, 6) is -1.15. The summed E-state index contributed by atoms with van der Waals surface area (Å²) < 4.78 is 41.1. The number of amides is 1. The minimum atomic E-state index is -4.14. The standard InChI is InChI=1S/C10H12BrFN2O4S/c1-14-10(15)2-3-18-8-5-7(12)9(4-6(8)11)19(13,16)17/h4-5H,2-3H2,1H3,(H,14,15)(H2,13,16,17). The number of hydrogen-bond acceptors (Lipinski definition) is 4. The normalized spacial score (nSPS) is 11.2. The molecule has 6 nitrogen and oxygen atoms in total. The zero-order valence-electron chi connectivity index (χ0n) is 9.94. The Bertz CT molecular complexity index is 591. The summed E-state index contributed by atoms with van der Waals surface area (Å²) >= 11 is 3.05. The molecule has 0 bridgehead atoms. The molecule has 106 valence electrons. The molecule has 0 aromatic heterocycles. The van der Waals surface area contributed by atoms with Gasteiger partial charge in [-0.3, -0.25) is 4.79 Å². The van der Waals surface area contributed by atoms with Gasteiger partial charge in [0.15, 0.2) is 0 Å². The molecule has 0 fully saturated rings. The summed E-state index contributed by atoms with van der Waals surface area (Å²) in [5, 5.41) is 7.26. The van der Waals surface area contributed by atoms with Crippen LogP contribution in [0, 0.1) is 5.82 Å². The Morgan fingerprint density at radius 3 is 2.68 bits per heavy atom. The van der Waals surface area contributed by atoms with Crippen molar-refractivity contribution in [2.24, 2.45) is 5.14 Å². The average Bonchev–Trinajstić information content (AvgIpc) is 2.31. The molecule has 0 heterocycles. The van der Waals surface area contributed by atoms with Gasteiger partial charge in [-0.2, -0.15) is 0 Å². The van der Waals surface area contributed by atoms with Gasteiger partial charge in [0, 0.05) is 13.1 Å². The second-order valence-corrected chi connectivity index (χ2v) is 5.91. The molecular weight excluding hydrogens is 343 g/mol. The van der Waals surface area contributed by atoms with Crippen molar-refractivity contribution in [3.63, 3.8) is 0 Å².